The fraction of sp³-hybridized carbons (Fsp3) is 0.0769. The lowest BCUT2D eigenvalue weighted by Gasteiger charge is -2.09. The predicted molar refractivity (Wildman–Crippen MR) is 76.9 cm³/mol. The quantitative estimate of drug-likeness (QED) is 0.839. The second-order valence-corrected chi connectivity index (χ2v) is 4.95. The van der Waals surface area contributed by atoms with Crippen molar-refractivity contribution in [1.82, 2.24) is 0 Å². The van der Waals surface area contributed by atoms with Gasteiger partial charge in [-0.15, -0.1) is 0 Å². The number of phenols is 1. The highest BCUT2D eigenvalue weighted by atomic mass is 35.5. The fourth-order valence-corrected chi connectivity index (χ4v) is 2.00. The van der Waals surface area contributed by atoms with E-state index in [1.165, 1.54) is 0 Å². The van der Waals surface area contributed by atoms with Crippen molar-refractivity contribution in [3.8, 4) is 5.75 Å². The van der Waals surface area contributed by atoms with Gasteiger partial charge in [-0.2, -0.15) is 0 Å². The highest BCUT2D eigenvalue weighted by Crippen LogP contribution is 2.29. The Balaban J connectivity index is 2.11. The van der Waals surface area contributed by atoms with Crippen LogP contribution in [0.2, 0.25) is 15.1 Å². The van der Waals surface area contributed by atoms with Gasteiger partial charge in [0.15, 0.2) is 0 Å². The van der Waals surface area contributed by atoms with Gasteiger partial charge in [0.25, 0.3) is 0 Å². The second-order valence-electron chi connectivity index (χ2n) is 3.73. The van der Waals surface area contributed by atoms with Crippen LogP contribution in [0, 0.1) is 0 Å². The van der Waals surface area contributed by atoms with Gasteiger partial charge in [0.05, 0.1) is 15.1 Å². The molecule has 94 valence electrons. The molecule has 2 rings (SSSR count). The number of phenolic OH excluding ortho intramolecular Hbond substituents is 1. The van der Waals surface area contributed by atoms with E-state index in [-0.39, 0.29) is 5.75 Å². The Bertz CT molecular complexity index is 572. The summed E-state index contributed by atoms with van der Waals surface area (Å²) in [7, 11) is 0. The molecule has 0 amide bonds. The molecule has 5 heteroatoms. The molecule has 0 aromatic heterocycles. The van der Waals surface area contributed by atoms with Gasteiger partial charge in [-0.25, -0.2) is 0 Å². The fourth-order valence-electron chi connectivity index (χ4n) is 1.51. The molecule has 2 nitrogen and oxygen atoms in total. The van der Waals surface area contributed by atoms with E-state index in [9.17, 15) is 5.11 Å². The summed E-state index contributed by atoms with van der Waals surface area (Å²) < 4.78 is 0. The SMILES string of the molecule is Oc1c(Cl)cccc1CNc1ccc(Cl)c(Cl)c1. The summed E-state index contributed by atoms with van der Waals surface area (Å²) >= 11 is 17.6. The average Bonchev–Trinajstić information content (AvgIpc) is 2.35. The maximum atomic E-state index is 9.76. The first-order valence-electron chi connectivity index (χ1n) is 5.23. The first-order valence-corrected chi connectivity index (χ1v) is 6.36. The zero-order valence-electron chi connectivity index (χ0n) is 9.25. The van der Waals surface area contributed by atoms with Gasteiger partial charge >= 0.3 is 0 Å². The highest BCUT2D eigenvalue weighted by molar-refractivity contribution is 6.42. The van der Waals surface area contributed by atoms with Crippen molar-refractivity contribution >= 4 is 40.5 Å². The minimum atomic E-state index is 0.0896. The smallest absolute Gasteiger partial charge is 0.139 e. The van der Waals surface area contributed by atoms with Crippen molar-refractivity contribution in [2.45, 2.75) is 6.54 Å². The van der Waals surface area contributed by atoms with Crippen LogP contribution in [0.4, 0.5) is 5.69 Å². The molecule has 18 heavy (non-hydrogen) atoms. The minimum absolute atomic E-state index is 0.0896. The maximum Gasteiger partial charge on any atom is 0.139 e. The third kappa shape index (κ3) is 3.02. The molecule has 0 aliphatic carbocycles. The van der Waals surface area contributed by atoms with Crippen LogP contribution in [-0.2, 0) is 6.54 Å². The molecule has 0 saturated carbocycles. The number of rotatable bonds is 3. The van der Waals surface area contributed by atoms with E-state index in [4.69, 9.17) is 34.8 Å². The second kappa shape index (κ2) is 5.70. The third-order valence-electron chi connectivity index (χ3n) is 2.47. The lowest BCUT2D eigenvalue weighted by atomic mass is 10.2. The number of aromatic hydroxyl groups is 1. The molecule has 0 heterocycles. The Morgan fingerprint density at radius 1 is 0.944 bits per heavy atom. The molecule has 0 atom stereocenters. The Morgan fingerprint density at radius 3 is 2.44 bits per heavy atom. The van der Waals surface area contributed by atoms with Crippen molar-refractivity contribution in [1.29, 1.82) is 0 Å². The summed E-state index contributed by atoms with van der Waals surface area (Å²) in [5.74, 6) is 0.0896. The Kier molecular flexibility index (Phi) is 4.23. The molecule has 0 radical (unpaired) electrons. The van der Waals surface area contributed by atoms with Gasteiger partial charge < -0.3 is 10.4 Å². The maximum absolute atomic E-state index is 9.76. The van der Waals surface area contributed by atoms with Crippen molar-refractivity contribution in [3.05, 3.63) is 57.0 Å². The molecule has 0 spiro atoms. The van der Waals surface area contributed by atoms with Gasteiger partial charge in [-0.3, -0.25) is 0 Å². The summed E-state index contributed by atoms with van der Waals surface area (Å²) in [6, 6.07) is 10.5. The molecule has 2 aromatic rings. The van der Waals surface area contributed by atoms with Crippen molar-refractivity contribution in [2.75, 3.05) is 5.32 Å². The van der Waals surface area contributed by atoms with Crippen LogP contribution >= 0.6 is 34.8 Å². The van der Waals surface area contributed by atoms with Crippen LogP contribution in [0.5, 0.6) is 5.75 Å². The summed E-state index contributed by atoms with van der Waals surface area (Å²) in [6.45, 7) is 0.449. The summed E-state index contributed by atoms with van der Waals surface area (Å²) in [6.07, 6.45) is 0. The first-order chi connectivity index (χ1) is 8.58. The molecule has 2 aromatic carbocycles. The van der Waals surface area contributed by atoms with E-state index in [1.54, 1.807) is 30.3 Å². The summed E-state index contributed by atoms with van der Waals surface area (Å²) in [4.78, 5) is 0. The van der Waals surface area contributed by atoms with Crippen molar-refractivity contribution in [3.63, 3.8) is 0 Å². The molecule has 0 saturated heterocycles. The van der Waals surface area contributed by atoms with Crippen LogP contribution in [0.25, 0.3) is 0 Å². The number of anilines is 1. The van der Waals surface area contributed by atoms with E-state index >= 15 is 0 Å². The molecular formula is C13H10Cl3NO. The number of hydrogen-bond donors (Lipinski definition) is 2. The van der Waals surface area contributed by atoms with Gasteiger partial charge in [0, 0.05) is 17.8 Å². The Morgan fingerprint density at radius 2 is 1.72 bits per heavy atom. The predicted octanol–water partition coefficient (Wildman–Crippen LogP) is 4.96. The molecule has 0 fully saturated rings. The molecule has 0 bridgehead atoms. The average molecular weight is 303 g/mol. The monoisotopic (exact) mass is 301 g/mol. The lowest BCUT2D eigenvalue weighted by Crippen LogP contribution is -1.99. The number of benzene rings is 2. The van der Waals surface area contributed by atoms with Gasteiger partial charge in [-0.1, -0.05) is 46.9 Å². The number of para-hydroxylation sites is 1. The van der Waals surface area contributed by atoms with E-state index < -0.39 is 0 Å². The number of hydrogen-bond acceptors (Lipinski definition) is 2. The van der Waals surface area contributed by atoms with Crippen LogP contribution in [0.15, 0.2) is 36.4 Å². The molecule has 2 N–H and O–H groups in total. The van der Waals surface area contributed by atoms with Crippen LogP contribution in [-0.4, -0.2) is 5.11 Å². The zero-order chi connectivity index (χ0) is 13.1. The lowest BCUT2D eigenvalue weighted by molar-refractivity contribution is 0.469. The Hall–Kier alpha value is -1.09. The third-order valence-corrected chi connectivity index (χ3v) is 3.52. The van der Waals surface area contributed by atoms with Crippen LogP contribution in [0.1, 0.15) is 5.56 Å². The number of nitrogens with one attached hydrogen (secondary N) is 1. The normalized spacial score (nSPS) is 10.4. The van der Waals surface area contributed by atoms with Crippen molar-refractivity contribution in [2.24, 2.45) is 0 Å². The topological polar surface area (TPSA) is 32.3 Å². The zero-order valence-corrected chi connectivity index (χ0v) is 11.5. The van der Waals surface area contributed by atoms with E-state index in [0.717, 1.165) is 5.69 Å². The van der Waals surface area contributed by atoms with Gasteiger partial charge in [0.1, 0.15) is 5.75 Å². The molecule has 0 aliphatic rings. The summed E-state index contributed by atoms with van der Waals surface area (Å²) in [5.41, 5.74) is 1.54. The van der Waals surface area contributed by atoms with Gasteiger partial charge in [-0.05, 0) is 24.3 Å². The summed E-state index contributed by atoms with van der Waals surface area (Å²) in [5, 5.41) is 14.2. The Labute approximate surface area is 120 Å². The molecular weight excluding hydrogens is 293 g/mol. The molecule has 0 unspecified atom stereocenters. The first kappa shape index (κ1) is 13.3. The van der Waals surface area contributed by atoms with Crippen molar-refractivity contribution < 1.29 is 5.11 Å². The minimum Gasteiger partial charge on any atom is -0.506 e. The van der Waals surface area contributed by atoms with E-state index in [1.807, 2.05) is 6.07 Å². The number of halogens is 3. The van der Waals surface area contributed by atoms with E-state index in [0.29, 0.717) is 27.2 Å². The van der Waals surface area contributed by atoms with E-state index in [2.05, 4.69) is 5.32 Å². The van der Waals surface area contributed by atoms with Gasteiger partial charge in [0.2, 0.25) is 0 Å². The standard InChI is InChI=1S/C13H10Cl3NO/c14-10-5-4-9(6-12(10)16)17-7-8-2-1-3-11(15)13(8)18/h1-6,17-18H,7H2. The van der Waals surface area contributed by atoms with Crippen LogP contribution < -0.4 is 5.32 Å². The van der Waals surface area contributed by atoms with Crippen LogP contribution in [0.3, 0.4) is 0 Å². The highest BCUT2D eigenvalue weighted by Gasteiger charge is 2.05. The largest absolute Gasteiger partial charge is 0.506 e. The molecule has 0 aliphatic heterocycles.